The first-order chi connectivity index (χ1) is 19.3. The quantitative estimate of drug-likeness (QED) is 0.357. The molecule has 0 unspecified atom stereocenters. The zero-order valence-corrected chi connectivity index (χ0v) is 23.3. The summed E-state index contributed by atoms with van der Waals surface area (Å²) in [6, 6.07) is 12.1. The lowest BCUT2D eigenvalue weighted by Gasteiger charge is -2.46. The molecule has 1 amide bonds. The van der Waals surface area contributed by atoms with Crippen LogP contribution in [-0.4, -0.2) is 53.8 Å². The zero-order chi connectivity index (χ0) is 27.9. The van der Waals surface area contributed by atoms with Gasteiger partial charge in [-0.05, 0) is 66.3 Å². The van der Waals surface area contributed by atoms with Gasteiger partial charge in [-0.2, -0.15) is 10.4 Å². The number of aromatic nitrogens is 6. The van der Waals surface area contributed by atoms with Crippen molar-refractivity contribution in [2.24, 2.45) is 24.8 Å². The number of aromatic amines is 1. The largest absolute Gasteiger partial charge is 0.321 e. The van der Waals surface area contributed by atoms with E-state index in [2.05, 4.69) is 61.6 Å². The minimum absolute atomic E-state index is 0.259. The number of likely N-dealkylation sites (tertiary alicyclic amines) is 1. The molecular weight excluding hydrogens is 502 g/mol. The molecule has 2 aliphatic rings. The molecule has 40 heavy (non-hydrogen) atoms. The van der Waals surface area contributed by atoms with Crippen LogP contribution >= 0.6 is 0 Å². The number of nitriles is 1. The van der Waals surface area contributed by atoms with E-state index < -0.39 is 0 Å². The molecule has 4 heterocycles. The predicted octanol–water partition coefficient (Wildman–Crippen LogP) is 4.43. The van der Waals surface area contributed by atoms with Crippen LogP contribution in [0.1, 0.15) is 67.0 Å². The molecule has 10 heteroatoms. The Morgan fingerprint density at radius 1 is 1.23 bits per heavy atom. The van der Waals surface area contributed by atoms with Gasteiger partial charge >= 0.3 is 0 Å². The Morgan fingerprint density at radius 3 is 2.75 bits per heavy atom. The smallest absolute Gasteiger partial charge is 0.274 e. The number of nitrogens with one attached hydrogen (secondary N) is 2. The Bertz CT molecular complexity index is 1570. The Hall–Kier alpha value is -4.10. The van der Waals surface area contributed by atoms with Gasteiger partial charge in [0.25, 0.3) is 5.91 Å². The van der Waals surface area contributed by atoms with Gasteiger partial charge < -0.3 is 9.88 Å². The summed E-state index contributed by atoms with van der Waals surface area (Å²) in [6.07, 6.45) is 6.80. The summed E-state index contributed by atoms with van der Waals surface area (Å²) < 4.78 is 1.95. The Balaban J connectivity index is 1.26. The normalized spacial score (nSPS) is 24.9. The molecule has 206 valence electrons. The van der Waals surface area contributed by atoms with Crippen LogP contribution in [0, 0.1) is 29.1 Å². The average Bonchev–Trinajstić information content (AvgIpc) is 3.55. The monoisotopic (exact) mass is 537 g/mol. The molecule has 1 aliphatic heterocycles. The van der Waals surface area contributed by atoms with E-state index >= 15 is 0 Å². The van der Waals surface area contributed by atoms with E-state index in [1.54, 1.807) is 12.5 Å². The fraction of sp³-hybridized carbons (Fsp3) is 0.467. The summed E-state index contributed by atoms with van der Waals surface area (Å²) in [5, 5.41) is 28.1. The molecular formula is C30H35N9O. The maximum absolute atomic E-state index is 13.5. The van der Waals surface area contributed by atoms with Crippen LogP contribution in [0.2, 0.25) is 0 Å². The summed E-state index contributed by atoms with van der Waals surface area (Å²) in [5.41, 5.74) is 4.39. The van der Waals surface area contributed by atoms with Gasteiger partial charge in [0.15, 0.2) is 0 Å². The second-order valence-electron chi connectivity index (χ2n) is 12.0. The van der Waals surface area contributed by atoms with E-state index in [1.807, 2.05) is 35.9 Å². The predicted molar refractivity (Wildman–Crippen MR) is 151 cm³/mol. The molecule has 2 N–H and O–H groups in total. The third-order valence-electron chi connectivity index (χ3n) is 8.53. The van der Waals surface area contributed by atoms with Gasteiger partial charge in [0, 0.05) is 38.8 Å². The number of piperidine rings is 1. The number of aryl methyl sites for hydroxylation is 1. The summed E-state index contributed by atoms with van der Waals surface area (Å²) >= 11 is 0. The number of fused-ring (bicyclic) bond motifs is 1. The second kappa shape index (κ2) is 10.5. The van der Waals surface area contributed by atoms with Crippen molar-refractivity contribution in [2.75, 3.05) is 18.4 Å². The van der Waals surface area contributed by atoms with Crippen LogP contribution in [-0.2, 0) is 19.0 Å². The maximum Gasteiger partial charge on any atom is 0.274 e. The van der Waals surface area contributed by atoms with Gasteiger partial charge in [-0.1, -0.05) is 26.0 Å². The number of nitrogens with zero attached hydrogens (tertiary/aromatic N) is 7. The number of hydrogen-bond donors (Lipinski definition) is 2. The second-order valence-corrected chi connectivity index (χ2v) is 12.0. The fourth-order valence-corrected chi connectivity index (χ4v) is 6.96. The Morgan fingerprint density at radius 2 is 2.02 bits per heavy atom. The summed E-state index contributed by atoms with van der Waals surface area (Å²) in [4.78, 5) is 20.6. The van der Waals surface area contributed by atoms with E-state index in [-0.39, 0.29) is 11.3 Å². The van der Waals surface area contributed by atoms with Crippen molar-refractivity contribution in [3.05, 3.63) is 65.5 Å². The van der Waals surface area contributed by atoms with Crippen LogP contribution in [0.3, 0.4) is 0 Å². The van der Waals surface area contributed by atoms with Gasteiger partial charge in [0.05, 0.1) is 23.2 Å². The lowest BCUT2D eigenvalue weighted by atomic mass is 9.57. The fourth-order valence-electron chi connectivity index (χ4n) is 6.96. The van der Waals surface area contributed by atoms with Crippen LogP contribution in [0.5, 0.6) is 0 Å². The van der Waals surface area contributed by atoms with Crippen molar-refractivity contribution in [1.82, 2.24) is 34.8 Å². The Labute approximate surface area is 233 Å². The van der Waals surface area contributed by atoms with E-state index in [1.165, 1.54) is 6.42 Å². The molecule has 3 aromatic heterocycles. The Kier molecular flexibility index (Phi) is 6.84. The molecule has 6 rings (SSSR count). The first-order valence-corrected chi connectivity index (χ1v) is 14.0. The number of benzene rings is 1. The minimum atomic E-state index is -0.336. The van der Waals surface area contributed by atoms with Gasteiger partial charge in [0.2, 0.25) is 0 Å². The molecule has 0 radical (unpaired) electrons. The van der Waals surface area contributed by atoms with Crippen LogP contribution in [0.15, 0.2) is 42.9 Å². The molecule has 10 nitrogen and oxygen atoms in total. The van der Waals surface area contributed by atoms with Crippen molar-refractivity contribution in [3.63, 3.8) is 0 Å². The molecule has 2 fully saturated rings. The van der Waals surface area contributed by atoms with E-state index in [9.17, 15) is 10.1 Å². The molecule has 4 aromatic rings. The minimum Gasteiger partial charge on any atom is -0.321 e. The van der Waals surface area contributed by atoms with Crippen LogP contribution < -0.4 is 5.32 Å². The number of carbonyl (C=O) groups excluding carboxylic acids is 1. The summed E-state index contributed by atoms with van der Waals surface area (Å²) in [7, 11) is 1.95. The third kappa shape index (κ3) is 4.86. The van der Waals surface area contributed by atoms with Gasteiger partial charge in [0.1, 0.15) is 23.4 Å². The standard InChI is InChI=1S/C30H35N9O/c1-19-9-20(2)16-39(15-19)17-22-10-25(35-26-14-32-36-27(22)26)28(40)34-24-6-4-5-23(11-24)30(12-21(13-30)7-8-31)29-37-33-18-38(29)3/h4-6,10-11,14,18-21H,7,9,12-13,15-17H2,1-3H3,(H,32,36)(H,34,40)/t19-,20+,21?,30?. The topological polar surface area (TPSA) is 128 Å². The molecule has 1 aromatic carbocycles. The summed E-state index contributed by atoms with van der Waals surface area (Å²) in [6.45, 7) is 7.43. The van der Waals surface area contributed by atoms with Gasteiger partial charge in [-0.3, -0.25) is 14.8 Å². The lowest BCUT2D eigenvalue weighted by molar-refractivity contribution is 0.102. The van der Waals surface area contributed by atoms with Crippen molar-refractivity contribution >= 4 is 22.6 Å². The van der Waals surface area contributed by atoms with Gasteiger partial charge in [-0.15, -0.1) is 10.2 Å². The van der Waals surface area contributed by atoms with Crippen molar-refractivity contribution in [1.29, 1.82) is 5.26 Å². The molecule has 1 saturated heterocycles. The number of carbonyl (C=O) groups is 1. The lowest BCUT2D eigenvalue weighted by Crippen LogP contribution is -2.44. The van der Waals surface area contributed by atoms with E-state index in [0.29, 0.717) is 41.1 Å². The van der Waals surface area contributed by atoms with Crippen molar-refractivity contribution in [2.45, 2.75) is 51.5 Å². The SMILES string of the molecule is C[C@@H]1C[C@H](C)CN(Cc2cc(C(=O)Nc3cccc(C4(c5nncn5C)CC(CC#N)C4)c3)nc3cn[nH]c23)C1. The number of rotatable bonds is 7. The number of anilines is 1. The maximum atomic E-state index is 13.5. The number of pyridine rings is 1. The van der Waals surface area contributed by atoms with Crippen LogP contribution in [0.25, 0.3) is 11.0 Å². The number of hydrogen-bond acceptors (Lipinski definition) is 7. The molecule has 2 atom stereocenters. The first kappa shape index (κ1) is 26.1. The van der Waals surface area contributed by atoms with E-state index in [4.69, 9.17) is 0 Å². The van der Waals surface area contributed by atoms with E-state index in [0.717, 1.165) is 54.9 Å². The highest BCUT2D eigenvalue weighted by atomic mass is 16.1. The summed E-state index contributed by atoms with van der Waals surface area (Å²) in [5.74, 6) is 2.23. The number of amides is 1. The average molecular weight is 538 g/mol. The van der Waals surface area contributed by atoms with Crippen molar-refractivity contribution in [3.8, 4) is 6.07 Å². The zero-order valence-electron chi connectivity index (χ0n) is 23.3. The van der Waals surface area contributed by atoms with Crippen LogP contribution in [0.4, 0.5) is 5.69 Å². The molecule has 1 aliphatic carbocycles. The molecule has 0 bridgehead atoms. The highest BCUT2D eigenvalue weighted by molar-refractivity contribution is 6.04. The highest BCUT2D eigenvalue weighted by Crippen LogP contribution is 2.53. The van der Waals surface area contributed by atoms with Gasteiger partial charge in [-0.25, -0.2) is 4.98 Å². The van der Waals surface area contributed by atoms with Crippen molar-refractivity contribution < 1.29 is 4.79 Å². The molecule has 1 saturated carbocycles. The molecule has 0 spiro atoms. The third-order valence-corrected chi connectivity index (χ3v) is 8.53. The number of H-pyrrole nitrogens is 1. The highest BCUT2D eigenvalue weighted by Gasteiger charge is 2.49. The first-order valence-electron chi connectivity index (χ1n) is 14.0.